The topological polar surface area (TPSA) is 66.5 Å². The first-order valence-corrected chi connectivity index (χ1v) is 10.3. The lowest BCUT2D eigenvalue weighted by Gasteiger charge is -2.19. The summed E-state index contributed by atoms with van der Waals surface area (Å²) in [5.41, 5.74) is 1.88. The number of hydrogen-bond donors (Lipinski definition) is 1. The van der Waals surface area contributed by atoms with Crippen LogP contribution in [0.25, 0.3) is 0 Å². The molecule has 0 atom stereocenters. The summed E-state index contributed by atoms with van der Waals surface area (Å²) in [7, 11) is -3.75. The van der Waals surface area contributed by atoms with Crippen molar-refractivity contribution in [3.63, 3.8) is 0 Å². The van der Waals surface area contributed by atoms with Gasteiger partial charge >= 0.3 is 0 Å². The fourth-order valence-corrected chi connectivity index (χ4v) is 4.34. The van der Waals surface area contributed by atoms with Crippen molar-refractivity contribution in [1.29, 1.82) is 0 Å². The summed E-state index contributed by atoms with van der Waals surface area (Å²) in [4.78, 5) is 13.7. The molecule has 1 aliphatic heterocycles. The van der Waals surface area contributed by atoms with Gasteiger partial charge in [-0.3, -0.25) is 9.52 Å². The Hall–Kier alpha value is -1.57. The molecule has 1 N–H and O–H groups in total. The minimum atomic E-state index is -3.75. The lowest BCUT2D eigenvalue weighted by atomic mass is 10.2. The molecule has 132 valence electrons. The molecule has 8 heteroatoms. The van der Waals surface area contributed by atoms with Gasteiger partial charge < -0.3 is 4.90 Å². The van der Waals surface area contributed by atoms with Crippen molar-refractivity contribution < 1.29 is 13.2 Å². The third-order valence-corrected chi connectivity index (χ3v) is 6.63. The van der Waals surface area contributed by atoms with Crippen LogP contribution in [0.2, 0.25) is 5.02 Å². The van der Waals surface area contributed by atoms with E-state index in [0.29, 0.717) is 28.1 Å². The van der Waals surface area contributed by atoms with Crippen LogP contribution in [0.3, 0.4) is 0 Å². The van der Waals surface area contributed by atoms with Crippen LogP contribution in [0.15, 0.2) is 45.8 Å². The van der Waals surface area contributed by atoms with Crippen LogP contribution < -0.4 is 9.62 Å². The van der Waals surface area contributed by atoms with Crippen molar-refractivity contribution >= 4 is 54.8 Å². The predicted molar refractivity (Wildman–Crippen MR) is 103 cm³/mol. The quantitative estimate of drug-likeness (QED) is 0.764. The first kappa shape index (κ1) is 18.2. The maximum atomic E-state index is 12.6. The van der Waals surface area contributed by atoms with E-state index in [2.05, 4.69) is 20.7 Å². The van der Waals surface area contributed by atoms with Gasteiger partial charge in [0.25, 0.3) is 10.0 Å². The summed E-state index contributed by atoms with van der Waals surface area (Å²) in [5, 5.41) is 0.416. The molecule has 0 saturated carbocycles. The third kappa shape index (κ3) is 3.83. The zero-order valence-corrected chi connectivity index (χ0v) is 16.6. The molecule has 1 fully saturated rings. The zero-order chi connectivity index (χ0) is 18.2. The molecule has 0 bridgehead atoms. The number of hydrogen-bond acceptors (Lipinski definition) is 3. The summed E-state index contributed by atoms with van der Waals surface area (Å²) in [6.07, 6.45) is 1.36. The molecule has 2 aromatic rings. The number of rotatable bonds is 4. The minimum Gasteiger partial charge on any atom is -0.312 e. The van der Waals surface area contributed by atoms with Crippen LogP contribution in [0.5, 0.6) is 0 Å². The zero-order valence-electron chi connectivity index (χ0n) is 13.4. The van der Waals surface area contributed by atoms with E-state index < -0.39 is 10.0 Å². The van der Waals surface area contributed by atoms with Crippen molar-refractivity contribution in [3.05, 3.63) is 51.5 Å². The normalized spacial score (nSPS) is 14.8. The maximum absolute atomic E-state index is 12.6. The van der Waals surface area contributed by atoms with Gasteiger partial charge in [0.2, 0.25) is 5.91 Å². The summed E-state index contributed by atoms with van der Waals surface area (Å²) in [5.74, 6) is 0.0707. The average Bonchev–Trinajstić information content (AvgIpc) is 2.96. The number of anilines is 2. The van der Waals surface area contributed by atoms with Crippen molar-refractivity contribution in [2.75, 3.05) is 16.2 Å². The number of aryl methyl sites for hydroxylation is 1. The number of nitrogens with one attached hydrogen (secondary N) is 1. The number of carbonyl (C=O) groups excluding carboxylic acids is 1. The lowest BCUT2D eigenvalue weighted by Crippen LogP contribution is -2.24. The summed E-state index contributed by atoms with van der Waals surface area (Å²) in [6, 6.07) is 9.60. The van der Waals surface area contributed by atoms with Crippen LogP contribution in [0, 0.1) is 6.92 Å². The molecule has 1 saturated heterocycles. The number of nitrogens with zero attached hydrogens (tertiary/aromatic N) is 1. The third-order valence-electron chi connectivity index (χ3n) is 4.01. The van der Waals surface area contributed by atoms with Crippen molar-refractivity contribution in [2.24, 2.45) is 0 Å². The van der Waals surface area contributed by atoms with E-state index in [1.54, 1.807) is 36.1 Å². The molecular formula is C17H16BrClN2O3S. The molecule has 1 aliphatic rings. The molecule has 2 aromatic carbocycles. The number of halogens is 2. The van der Waals surface area contributed by atoms with Crippen LogP contribution in [-0.2, 0) is 14.8 Å². The highest BCUT2D eigenvalue weighted by molar-refractivity contribution is 9.10. The van der Waals surface area contributed by atoms with Gasteiger partial charge in [0.1, 0.15) is 0 Å². The largest absolute Gasteiger partial charge is 0.312 e. The van der Waals surface area contributed by atoms with Gasteiger partial charge in [-0.1, -0.05) is 11.6 Å². The molecule has 0 aliphatic carbocycles. The summed E-state index contributed by atoms with van der Waals surface area (Å²) < 4.78 is 28.4. The van der Waals surface area contributed by atoms with Gasteiger partial charge in [-0.2, -0.15) is 0 Å². The van der Waals surface area contributed by atoms with Gasteiger partial charge in [0.15, 0.2) is 0 Å². The Bertz CT molecular complexity index is 947. The second-order valence-corrected chi connectivity index (χ2v) is 8.78. The van der Waals surface area contributed by atoms with Gasteiger partial charge in [-0.15, -0.1) is 0 Å². The Morgan fingerprint density at radius 2 is 1.96 bits per heavy atom. The first-order chi connectivity index (χ1) is 11.8. The Morgan fingerprint density at radius 1 is 1.20 bits per heavy atom. The number of benzene rings is 2. The highest BCUT2D eigenvalue weighted by Gasteiger charge is 2.24. The standard InChI is InChI=1S/C17H16BrClN2O3S/c1-11-9-13(5-7-16(11)21-8-2-3-17(21)22)25(23,24)20-12-4-6-14(18)15(19)10-12/h4-7,9-10,20H,2-3,8H2,1H3. The highest BCUT2D eigenvalue weighted by atomic mass is 79.9. The van der Waals surface area contributed by atoms with Crippen LogP contribution in [0.4, 0.5) is 11.4 Å². The van der Waals surface area contributed by atoms with Crippen LogP contribution >= 0.6 is 27.5 Å². The van der Waals surface area contributed by atoms with E-state index >= 15 is 0 Å². The van der Waals surface area contributed by atoms with E-state index in [1.807, 2.05) is 0 Å². The highest BCUT2D eigenvalue weighted by Crippen LogP contribution is 2.29. The fourth-order valence-electron chi connectivity index (χ4n) is 2.77. The monoisotopic (exact) mass is 442 g/mol. The molecular weight excluding hydrogens is 428 g/mol. The van der Waals surface area contributed by atoms with Gasteiger partial charge in [-0.25, -0.2) is 8.42 Å². The van der Waals surface area contributed by atoms with Gasteiger partial charge in [0.05, 0.1) is 15.6 Å². The van der Waals surface area contributed by atoms with E-state index in [1.165, 1.54) is 12.1 Å². The SMILES string of the molecule is Cc1cc(S(=O)(=O)Nc2ccc(Br)c(Cl)c2)ccc1N1CCCC1=O. The first-order valence-electron chi connectivity index (χ1n) is 7.67. The molecule has 1 amide bonds. The van der Waals surface area contributed by atoms with E-state index in [-0.39, 0.29) is 10.8 Å². The Kier molecular flexibility index (Phi) is 5.09. The summed E-state index contributed by atoms with van der Waals surface area (Å²) >= 11 is 9.27. The van der Waals surface area contributed by atoms with E-state index in [0.717, 1.165) is 17.7 Å². The van der Waals surface area contributed by atoms with Crippen LogP contribution in [0.1, 0.15) is 18.4 Å². The van der Waals surface area contributed by atoms with Gasteiger partial charge in [-0.05, 0) is 71.2 Å². The molecule has 3 rings (SSSR count). The number of sulfonamides is 1. The molecule has 0 aromatic heterocycles. The van der Waals surface area contributed by atoms with E-state index in [9.17, 15) is 13.2 Å². The Labute approximate surface area is 160 Å². The predicted octanol–water partition coefficient (Wildman–Crippen LogP) is 4.34. The smallest absolute Gasteiger partial charge is 0.261 e. The number of carbonyl (C=O) groups is 1. The molecule has 5 nitrogen and oxygen atoms in total. The van der Waals surface area contributed by atoms with Crippen molar-refractivity contribution in [1.82, 2.24) is 0 Å². The van der Waals surface area contributed by atoms with Crippen molar-refractivity contribution in [3.8, 4) is 0 Å². The van der Waals surface area contributed by atoms with Crippen LogP contribution in [-0.4, -0.2) is 20.9 Å². The lowest BCUT2D eigenvalue weighted by molar-refractivity contribution is -0.117. The molecule has 25 heavy (non-hydrogen) atoms. The second-order valence-electron chi connectivity index (χ2n) is 5.83. The van der Waals surface area contributed by atoms with Crippen molar-refractivity contribution in [2.45, 2.75) is 24.7 Å². The minimum absolute atomic E-state index is 0.0707. The average molecular weight is 444 g/mol. The molecule has 0 spiro atoms. The maximum Gasteiger partial charge on any atom is 0.261 e. The molecule has 0 unspecified atom stereocenters. The fraction of sp³-hybridized carbons (Fsp3) is 0.235. The summed E-state index contributed by atoms with van der Waals surface area (Å²) in [6.45, 7) is 2.47. The Balaban J connectivity index is 1.88. The van der Waals surface area contributed by atoms with E-state index in [4.69, 9.17) is 11.6 Å². The van der Waals surface area contributed by atoms with Gasteiger partial charge in [0, 0.05) is 23.1 Å². The Morgan fingerprint density at radius 3 is 2.56 bits per heavy atom. The second kappa shape index (κ2) is 6.97. The molecule has 0 radical (unpaired) electrons. The molecule has 1 heterocycles. The number of amides is 1.